The van der Waals surface area contributed by atoms with Crippen LogP contribution < -0.4 is 5.32 Å². The predicted octanol–water partition coefficient (Wildman–Crippen LogP) is 3.32. The largest absolute Gasteiger partial charge is 0.452 e. The Morgan fingerprint density at radius 1 is 1.00 bits per heavy atom. The lowest BCUT2D eigenvalue weighted by molar-refractivity contribution is -0.119. The normalized spacial score (nSPS) is 11.4. The minimum atomic E-state index is -3.62. The van der Waals surface area contributed by atoms with E-state index in [4.69, 9.17) is 4.74 Å². The van der Waals surface area contributed by atoms with Crippen molar-refractivity contribution in [2.45, 2.75) is 32.6 Å². The van der Waals surface area contributed by atoms with Crippen molar-refractivity contribution in [3.05, 3.63) is 71.5 Å². The van der Waals surface area contributed by atoms with E-state index < -0.39 is 28.5 Å². The molecule has 2 aromatic carbocycles. The minimum Gasteiger partial charge on any atom is -0.452 e. The van der Waals surface area contributed by atoms with E-state index >= 15 is 0 Å². The van der Waals surface area contributed by atoms with Crippen LogP contribution in [0, 0.1) is 13.8 Å². The molecule has 3 rings (SSSR count). The number of sulfonamides is 1. The van der Waals surface area contributed by atoms with Crippen LogP contribution in [0.2, 0.25) is 0 Å². The number of benzene rings is 2. The molecule has 0 saturated heterocycles. The maximum atomic E-state index is 12.6. The van der Waals surface area contributed by atoms with Gasteiger partial charge in [-0.3, -0.25) is 4.79 Å². The average Bonchev–Trinajstić information content (AvgIpc) is 3.12. The molecule has 0 aliphatic heterocycles. The lowest BCUT2D eigenvalue weighted by Crippen LogP contribution is -2.30. The van der Waals surface area contributed by atoms with Crippen LogP contribution in [0.1, 0.15) is 35.6 Å². The summed E-state index contributed by atoms with van der Waals surface area (Å²) >= 11 is 0. The first kappa shape index (κ1) is 25.1. The van der Waals surface area contributed by atoms with Gasteiger partial charge in [-0.25, -0.2) is 17.9 Å². The summed E-state index contributed by atoms with van der Waals surface area (Å²) < 4.78 is 33.3. The van der Waals surface area contributed by atoms with Gasteiger partial charge in [-0.05, 0) is 50.2 Å². The van der Waals surface area contributed by atoms with Gasteiger partial charge < -0.3 is 10.1 Å². The van der Waals surface area contributed by atoms with Crippen LogP contribution in [0.4, 0.5) is 5.69 Å². The van der Waals surface area contributed by atoms with Gasteiger partial charge in [-0.2, -0.15) is 9.40 Å². The zero-order chi connectivity index (χ0) is 24.9. The van der Waals surface area contributed by atoms with Crippen molar-refractivity contribution in [1.29, 1.82) is 0 Å². The molecule has 1 aromatic heterocycles. The molecule has 0 fully saturated rings. The van der Waals surface area contributed by atoms with E-state index in [1.165, 1.54) is 28.6 Å². The van der Waals surface area contributed by atoms with Gasteiger partial charge in [0.15, 0.2) is 6.61 Å². The summed E-state index contributed by atoms with van der Waals surface area (Å²) in [5, 5.41) is 7.22. The number of amides is 1. The van der Waals surface area contributed by atoms with Gasteiger partial charge in [-0.15, -0.1) is 0 Å². The highest BCUT2D eigenvalue weighted by atomic mass is 32.2. The van der Waals surface area contributed by atoms with E-state index in [2.05, 4.69) is 10.4 Å². The van der Waals surface area contributed by atoms with Crippen LogP contribution in [0.3, 0.4) is 0 Å². The summed E-state index contributed by atoms with van der Waals surface area (Å²) in [5.41, 5.74) is 2.94. The van der Waals surface area contributed by atoms with Crippen LogP contribution in [0.5, 0.6) is 0 Å². The third kappa shape index (κ3) is 5.35. The Labute approximate surface area is 199 Å². The van der Waals surface area contributed by atoms with Crippen molar-refractivity contribution in [1.82, 2.24) is 14.1 Å². The molecule has 0 aliphatic rings. The molecule has 0 aliphatic carbocycles. The first-order chi connectivity index (χ1) is 16.2. The Hall–Kier alpha value is -3.50. The number of nitrogens with one attached hydrogen (secondary N) is 1. The topological polar surface area (TPSA) is 111 Å². The van der Waals surface area contributed by atoms with Crippen molar-refractivity contribution in [2.24, 2.45) is 0 Å². The number of aryl methyl sites for hydroxylation is 1. The molecule has 3 aromatic rings. The number of ether oxygens (including phenoxy) is 1. The standard InChI is InChI=1S/C24H28N4O5S/c1-5-27(6-2)34(31,32)21-14-12-19(13-15-21)24(30)33-16-22(29)25-23-17(3)26-28(18(23)4)20-10-8-7-9-11-20/h7-15H,5-6,16H2,1-4H3,(H,25,29). The maximum Gasteiger partial charge on any atom is 0.338 e. The fraction of sp³-hybridized carbons (Fsp3) is 0.292. The second kappa shape index (κ2) is 10.6. The number of carbonyl (C=O) groups excluding carboxylic acids is 2. The quantitative estimate of drug-likeness (QED) is 0.467. The van der Waals surface area contributed by atoms with Gasteiger partial charge >= 0.3 is 5.97 Å². The summed E-state index contributed by atoms with van der Waals surface area (Å²) in [7, 11) is -3.62. The van der Waals surface area contributed by atoms with Crippen LogP contribution in [-0.4, -0.2) is 54.1 Å². The molecule has 180 valence electrons. The van der Waals surface area contributed by atoms with Crippen molar-refractivity contribution < 1.29 is 22.7 Å². The fourth-order valence-electron chi connectivity index (χ4n) is 3.51. The number of rotatable bonds is 9. The Morgan fingerprint density at radius 3 is 2.21 bits per heavy atom. The van der Waals surface area contributed by atoms with Crippen LogP contribution in [0.15, 0.2) is 59.5 Å². The smallest absolute Gasteiger partial charge is 0.338 e. The number of hydrogen-bond acceptors (Lipinski definition) is 6. The highest BCUT2D eigenvalue weighted by Gasteiger charge is 2.22. The van der Waals surface area contributed by atoms with Crippen LogP contribution in [-0.2, 0) is 19.6 Å². The summed E-state index contributed by atoms with van der Waals surface area (Å²) in [4.78, 5) is 24.9. The summed E-state index contributed by atoms with van der Waals surface area (Å²) in [6.45, 7) is 7.33. The monoisotopic (exact) mass is 484 g/mol. The lowest BCUT2D eigenvalue weighted by atomic mass is 10.2. The molecule has 1 heterocycles. The van der Waals surface area contributed by atoms with Gasteiger partial charge in [0.25, 0.3) is 5.91 Å². The lowest BCUT2D eigenvalue weighted by Gasteiger charge is -2.18. The number of para-hydroxylation sites is 1. The summed E-state index contributed by atoms with van der Waals surface area (Å²) in [5.74, 6) is -1.23. The van der Waals surface area contributed by atoms with E-state index in [1.54, 1.807) is 25.5 Å². The highest BCUT2D eigenvalue weighted by molar-refractivity contribution is 7.89. The Morgan fingerprint density at radius 2 is 1.62 bits per heavy atom. The predicted molar refractivity (Wildman–Crippen MR) is 128 cm³/mol. The second-order valence-electron chi connectivity index (χ2n) is 7.53. The second-order valence-corrected chi connectivity index (χ2v) is 9.47. The van der Waals surface area contributed by atoms with E-state index in [9.17, 15) is 18.0 Å². The van der Waals surface area contributed by atoms with Crippen molar-refractivity contribution in [3.8, 4) is 5.69 Å². The van der Waals surface area contributed by atoms with Gasteiger partial charge in [0.2, 0.25) is 10.0 Å². The third-order valence-corrected chi connectivity index (χ3v) is 7.39. The molecule has 0 unspecified atom stereocenters. The molecular weight excluding hydrogens is 456 g/mol. The SMILES string of the molecule is CCN(CC)S(=O)(=O)c1ccc(C(=O)OCC(=O)Nc2c(C)nn(-c3ccccc3)c2C)cc1. The van der Waals surface area contributed by atoms with Crippen LogP contribution in [0.25, 0.3) is 5.69 Å². The molecule has 9 nitrogen and oxygen atoms in total. The van der Waals surface area contributed by atoms with E-state index in [0.29, 0.717) is 24.5 Å². The Balaban J connectivity index is 1.63. The molecule has 0 radical (unpaired) electrons. The minimum absolute atomic E-state index is 0.0897. The average molecular weight is 485 g/mol. The van der Waals surface area contributed by atoms with Gasteiger partial charge in [0.1, 0.15) is 0 Å². The Bertz CT molecular complexity index is 1260. The summed E-state index contributed by atoms with van der Waals surface area (Å²) in [6.07, 6.45) is 0. The number of anilines is 1. The van der Waals surface area contributed by atoms with Gasteiger partial charge in [-0.1, -0.05) is 32.0 Å². The fourth-order valence-corrected chi connectivity index (χ4v) is 4.97. The molecule has 34 heavy (non-hydrogen) atoms. The third-order valence-electron chi connectivity index (χ3n) is 5.32. The molecule has 0 atom stereocenters. The molecule has 0 bridgehead atoms. The first-order valence-electron chi connectivity index (χ1n) is 10.9. The van der Waals surface area contributed by atoms with Gasteiger partial charge in [0, 0.05) is 13.1 Å². The molecule has 0 spiro atoms. The zero-order valence-electron chi connectivity index (χ0n) is 19.6. The number of aromatic nitrogens is 2. The van der Waals surface area contributed by atoms with Crippen molar-refractivity contribution in [3.63, 3.8) is 0 Å². The number of hydrogen-bond donors (Lipinski definition) is 1. The molecular formula is C24H28N4O5S. The molecule has 0 saturated carbocycles. The number of carbonyl (C=O) groups is 2. The van der Waals surface area contributed by atoms with Crippen molar-refractivity contribution in [2.75, 3.05) is 25.0 Å². The van der Waals surface area contributed by atoms with E-state index in [-0.39, 0.29) is 10.5 Å². The molecule has 1 N–H and O–H groups in total. The number of esters is 1. The van der Waals surface area contributed by atoms with E-state index in [1.807, 2.05) is 37.3 Å². The van der Waals surface area contributed by atoms with E-state index in [0.717, 1.165) is 11.4 Å². The first-order valence-corrected chi connectivity index (χ1v) is 12.3. The Kier molecular flexibility index (Phi) is 7.85. The van der Waals surface area contributed by atoms with Crippen LogP contribution >= 0.6 is 0 Å². The maximum absolute atomic E-state index is 12.6. The molecule has 10 heteroatoms. The highest BCUT2D eigenvalue weighted by Crippen LogP contribution is 2.23. The summed E-state index contributed by atoms with van der Waals surface area (Å²) in [6, 6.07) is 15.0. The zero-order valence-corrected chi connectivity index (χ0v) is 20.4. The number of nitrogens with zero attached hydrogens (tertiary/aromatic N) is 3. The van der Waals surface area contributed by atoms with Crippen molar-refractivity contribution >= 4 is 27.6 Å². The van der Waals surface area contributed by atoms with Gasteiger partial charge in [0.05, 0.1) is 33.2 Å². The molecule has 1 amide bonds.